The molecule has 0 aliphatic carbocycles. The first kappa shape index (κ1) is 32.9. The first-order valence-electron chi connectivity index (χ1n) is 13.2. The molecule has 0 aliphatic rings. The zero-order chi connectivity index (χ0) is 30.1. The molecule has 2 aromatic rings. The van der Waals surface area contributed by atoms with Gasteiger partial charge < -0.3 is 32.8 Å². The molecule has 9 heteroatoms. The topological polar surface area (TPSA) is 81.7 Å². The summed E-state index contributed by atoms with van der Waals surface area (Å²) >= 11 is 0. The fourth-order valence-corrected chi connectivity index (χ4v) is 5.34. The van der Waals surface area contributed by atoms with E-state index in [1.807, 2.05) is 12.1 Å². The average Bonchev–Trinajstić information content (AvgIpc) is 2.92. The minimum atomic E-state index is -2.16. The zero-order valence-corrected chi connectivity index (χ0v) is 26.8. The van der Waals surface area contributed by atoms with Crippen LogP contribution in [0.25, 0.3) is 0 Å². The van der Waals surface area contributed by atoms with E-state index in [-0.39, 0.29) is 23.3 Å². The highest BCUT2D eigenvalue weighted by Gasteiger charge is 2.39. The molecule has 0 saturated heterocycles. The van der Waals surface area contributed by atoms with Gasteiger partial charge in [0.15, 0.2) is 31.3 Å². The molecule has 0 bridgehead atoms. The van der Waals surface area contributed by atoms with Crippen molar-refractivity contribution in [2.75, 3.05) is 42.7 Å². The Balaban J connectivity index is 2.32. The third-order valence-corrected chi connectivity index (χ3v) is 11.7. The van der Waals surface area contributed by atoms with Crippen molar-refractivity contribution in [1.29, 1.82) is 0 Å². The minimum absolute atomic E-state index is 0.0112. The average molecular weight is 573 g/mol. The summed E-state index contributed by atoms with van der Waals surface area (Å²) in [5.41, 5.74) is 1.58. The first-order chi connectivity index (χ1) is 18.8. The van der Waals surface area contributed by atoms with E-state index in [4.69, 9.17) is 32.8 Å². The Morgan fingerprint density at radius 3 is 1.62 bits per heavy atom. The van der Waals surface area contributed by atoms with Gasteiger partial charge in [0.05, 0.1) is 48.8 Å². The van der Waals surface area contributed by atoms with Gasteiger partial charge in [0, 0.05) is 12.0 Å². The number of benzene rings is 2. The lowest BCUT2D eigenvalue weighted by Gasteiger charge is -2.39. The first-order valence-corrected chi connectivity index (χ1v) is 16.1. The molecule has 8 nitrogen and oxygen atoms in total. The standard InChI is InChI=1S/C31H44O8Si/c1-31(2,3)40(10,11)39-24(15-13-22-18-27(35-6)30(38-9)28(19-22)36-7)20-23(32)14-12-21-16-25(33-4)29(37-8)26(17-21)34-5/h16-19,24H,13,15,20H2,1-11H3/t24-/m0/s1. The van der Waals surface area contributed by atoms with E-state index in [0.717, 1.165) is 5.56 Å². The zero-order valence-electron chi connectivity index (χ0n) is 25.8. The smallest absolute Gasteiger partial charge is 0.208 e. The minimum Gasteiger partial charge on any atom is -0.493 e. The maximum Gasteiger partial charge on any atom is 0.208 e. The van der Waals surface area contributed by atoms with Crippen molar-refractivity contribution >= 4 is 14.1 Å². The van der Waals surface area contributed by atoms with Crippen LogP contribution in [0.4, 0.5) is 0 Å². The van der Waals surface area contributed by atoms with Crippen molar-refractivity contribution in [1.82, 2.24) is 0 Å². The van der Waals surface area contributed by atoms with Gasteiger partial charge in [0.25, 0.3) is 0 Å². The number of carbonyl (C=O) groups excluding carboxylic acids is 1. The van der Waals surface area contributed by atoms with Gasteiger partial charge in [-0.3, -0.25) is 4.79 Å². The summed E-state index contributed by atoms with van der Waals surface area (Å²) in [6.45, 7) is 10.9. The summed E-state index contributed by atoms with van der Waals surface area (Å²) < 4.78 is 39.4. The van der Waals surface area contributed by atoms with Crippen molar-refractivity contribution in [2.45, 2.75) is 64.3 Å². The number of hydrogen-bond acceptors (Lipinski definition) is 8. The molecule has 2 aromatic carbocycles. The molecule has 0 aliphatic heterocycles. The summed E-state index contributed by atoms with van der Waals surface area (Å²) in [5, 5.41) is -0.0112. The third kappa shape index (κ3) is 8.32. The SMILES string of the molecule is COc1cc(C#CC(=O)C[C@H](CCc2cc(OC)c(OC)c(OC)c2)O[Si](C)(C)C(C)(C)C)cc(OC)c1OC. The Kier molecular flexibility index (Phi) is 11.8. The van der Waals surface area contributed by atoms with Gasteiger partial charge in [-0.05, 0) is 66.7 Å². The second-order valence-electron chi connectivity index (χ2n) is 10.9. The normalized spacial score (nSPS) is 12.1. The van der Waals surface area contributed by atoms with Gasteiger partial charge >= 0.3 is 0 Å². The van der Waals surface area contributed by atoms with E-state index < -0.39 is 8.32 Å². The number of aryl methyl sites for hydroxylation is 1. The molecule has 0 heterocycles. The van der Waals surface area contributed by atoms with Crippen LogP contribution >= 0.6 is 0 Å². The highest BCUT2D eigenvalue weighted by molar-refractivity contribution is 6.74. The maximum atomic E-state index is 13.1. The molecule has 0 aromatic heterocycles. The van der Waals surface area contributed by atoms with Crippen LogP contribution in [0, 0.1) is 11.8 Å². The van der Waals surface area contributed by atoms with Crippen molar-refractivity contribution < 1.29 is 37.6 Å². The monoisotopic (exact) mass is 572 g/mol. The highest BCUT2D eigenvalue weighted by Crippen LogP contribution is 2.41. The maximum absolute atomic E-state index is 13.1. The quantitative estimate of drug-likeness (QED) is 0.211. The van der Waals surface area contributed by atoms with E-state index in [0.29, 0.717) is 52.9 Å². The fraction of sp³-hybridized carbons (Fsp3) is 0.516. The predicted octanol–water partition coefficient (Wildman–Crippen LogP) is 6.07. The molecule has 0 saturated carbocycles. The molecule has 220 valence electrons. The van der Waals surface area contributed by atoms with Gasteiger partial charge in [-0.25, -0.2) is 0 Å². The molecule has 0 N–H and O–H groups in total. The largest absolute Gasteiger partial charge is 0.493 e. The number of rotatable bonds is 13. The molecule has 40 heavy (non-hydrogen) atoms. The van der Waals surface area contributed by atoms with Crippen molar-refractivity contribution in [2.24, 2.45) is 0 Å². The second-order valence-corrected chi connectivity index (χ2v) is 15.6. The summed E-state index contributed by atoms with van der Waals surface area (Å²) in [6, 6.07) is 7.29. The second kappa shape index (κ2) is 14.3. The molecular formula is C31H44O8Si. The number of ether oxygens (including phenoxy) is 6. The van der Waals surface area contributed by atoms with E-state index in [2.05, 4.69) is 45.7 Å². The Morgan fingerprint density at radius 1 is 0.775 bits per heavy atom. The predicted molar refractivity (Wildman–Crippen MR) is 159 cm³/mol. The van der Waals surface area contributed by atoms with Crippen LogP contribution in [-0.4, -0.2) is 62.9 Å². The van der Waals surface area contributed by atoms with Crippen LogP contribution in [0.1, 0.15) is 44.7 Å². The summed E-state index contributed by atoms with van der Waals surface area (Å²) in [4.78, 5) is 13.1. The molecule has 0 fully saturated rings. The Morgan fingerprint density at radius 2 is 1.23 bits per heavy atom. The van der Waals surface area contributed by atoms with Gasteiger partial charge in [0.2, 0.25) is 17.3 Å². The Bertz CT molecular complexity index is 1170. The van der Waals surface area contributed by atoms with Gasteiger partial charge in [-0.2, -0.15) is 0 Å². The lowest BCUT2D eigenvalue weighted by Crippen LogP contribution is -2.44. The summed E-state index contributed by atoms with van der Waals surface area (Å²) in [5.74, 6) is 8.67. The van der Waals surface area contributed by atoms with E-state index in [1.165, 1.54) is 21.3 Å². The number of methoxy groups -OCH3 is 6. The lowest BCUT2D eigenvalue weighted by molar-refractivity contribution is -0.115. The van der Waals surface area contributed by atoms with Crippen LogP contribution in [0.3, 0.4) is 0 Å². The third-order valence-electron chi connectivity index (χ3n) is 7.17. The highest BCUT2D eigenvalue weighted by atomic mass is 28.4. The molecule has 0 spiro atoms. The van der Waals surface area contributed by atoms with Crippen molar-refractivity contribution in [3.63, 3.8) is 0 Å². The van der Waals surface area contributed by atoms with E-state index in [9.17, 15) is 4.79 Å². The van der Waals surface area contributed by atoms with Gasteiger partial charge in [-0.1, -0.05) is 26.7 Å². The number of carbonyl (C=O) groups is 1. The summed E-state index contributed by atoms with van der Waals surface area (Å²) in [6.07, 6.45) is 1.16. The number of Topliss-reactive ketones (excluding diaryl/α,β-unsaturated/α-hetero) is 1. The van der Waals surface area contributed by atoms with Crippen LogP contribution < -0.4 is 28.4 Å². The number of ketones is 1. The van der Waals surface area contributed by atoms with E-state index >= 15 is 0 Å². The lowest BCUT2D eigenvalue weighted by atomic mass is 10.0. The molecule has 1 atom stereocenters. The van der Waals surface area contributed by atoms with Crippen LogP contribution in [0.2, 0.25) is 18.1 Å². The number of hydrogen-bond donors (Lipinski definition) is 0. The molecule has 0 radical (unpaired) electrons. The molecule has 0 unspecified atom stereocenters. The van der Waals surface area contributed by atoms with Crippen LogP contribution in [0.15, 0.2) is 24.3 Å². The van der Waals surface area contributed by atoms with E-state index in [1.54, 1.807) is 33.5 Å². The molecular weight excluding hydrogens is 528 g/mol. The molecule has 2 rings (SSSR count). The Hall–Kier alpha value is -3.35. The van der Waals surface area contributed by atoms with Crippen molar-refractivity contribution in [3.8, 4) is 46.3 Å². The van der Waals surface area contributed by atoms with Gasteiger partial charge in [-0.15, -0.1) is 0 Å². The van der Waals surface area contributed by atoms with Crippen molar-refractivity contribution in [3.05, 3.63) is 35.4 Å². The fourth-order valence-electron chi connectivity index (χ4n) is 3.96. The summed E-state index contributed by atoms with van der Waals surface area (Å²) in [7, 11) is 7.21. The van der Waals surface area contributed by atoms with Gasteiger partial charge in [0.1, 0.15) is 0 Å². The van der Waals surface area contributed by atoms with Crippen LogP contribution in [0.5, 0.6) is 34.5 Å². The Labute approximate surface area is 240 Å². The van der Waals surface area contributed by atoms with Crippen LogP contribution in [-0.2, 0) is 15.6 Å². The molecule has 0 amide bonds.